The first-order valence-electron chi connectivity index (χ1n) is 8.99. The molecule has 0 saturated carbocycles. The maximum atomic E-state index is 12.0. The molecule has 0 spiro atoms. The molecule has 3 rings (SSSR count). The van der Waals surface area contributed by atoms with Crippen LogP contribution in [0.3, 0.4) is 0 Å². The summed E-state index contributed by atoms with van der Waals surface area (Å²) in [6.45, 7) is 4.11. The van der Waals surface area contributed by atoms with Crippen molar-refractivity contribution in [2.45, 2.75) is 25.2 Å². The van der Waals surface area contributed by atoms with Crippen LogP contribution in [-0.4, -0.2) is 22.4 Å². The molecule has 1 amide bonds. The third kappa shape index (κ3) is 5.36. The normalized spacial score (nSPS) is 11.1. The predicted octanol–water partition coefficient (Wildman–Crippen LogP) is 5.49. The molecule has 6 heteroatoms. The van der Waals surface area contributed by atoms with E-state index in [9.17, 15) is 4.79 Å². The lowest BCUT2D eigenvalue weighted by atomic mass is 10.2. The van der Waals surface area contributed by atoms with Gasteiger partial charge in [0.1, 0.15) is 0 Å². The van der Waals surface area contributed by atoms with Gasteiger partial charge in [-0.15, -0.1) is 11.8 Å². The molecule has 0 atom stereocenters. The topological polar surface area (TPSA) is 46.4 Å². The molecule has 0 unspecified atom stereocenters. The fraction of sp³-hybridized carbons (Fsp3) is 0.182. The Morgan fingerprint density at radius 3 is 2.68 bits per heavy atom. The number of amides is 1. The van der Waals surface area contributed by atoms with Crippen LogP contribution in [0.15, 0.2) is 75.1 Å². The Labute approximate surface area is 178 Å². The minimum atomic E-state index is -0.0829. The zero-order chi connectivity index (χ0) is 19.9. The smallest absolute Gasteiger partial charge is 0.240 e. The van der Waals surface area contributed by atoms with Gasteiger partial charge in [-0.3, -0.25) is 4.79 Å². The number of hydrogen-bond acceptors (Lipinski definition) is 3. The number of aromatic nitrogens is 1. The van der Waals surface area contributed by atoms with E-state index in [-0.39, 0.29) is 5.91 Å². The zero-order valence-corrected chi connectivity index (χ0v) is 18.3. The number of carbonyl (C=O) groups is 1. The van der Waals surface area contributed by atoms with Crippen molar-refractivity contribution in [3.05, 3.63) is 82.1 Å². The number of nitrogens with one attached hydrogen (secondary N) is 1. The molecule has 2 aromatic carbocycles. The Morgan fingerprint density at radius 1 is 1.14 bits per heavy atom. The zero-order valence-electron chi connectivity index (χ0n) is 15.9. The van der Waals surface area contributed by atoms with Crippen molar-refractivity contribution >= 4 is 39.8 Å². The highest BCUT2D eigenvalue weighted by Crippen LogP contribution is 2.22. The number of benzene rings is 2. The highest BCUT2D eigenvalue weighted by molar-refractivity contribution is 9.10. The Balaban J connectivity index is 1.57. The van der Waals surface area contributed by atoms with Crippen LogP contribution in [0.2, 0.25) is 0 Å². The minimum absolute atomic E-state index is 0.0829. The number of carbonyl (C=O) groups excluding carboxylic acids is 1. The van der Waals surface area contributed by atoms with Gasteiger partial charge in [-0.25, -0.2) is 5.43 Å². The number of hydrazone groups is 1. The van der Waals surface area contributed by atoms with Crippen LogP contribution in [0.4, 0.5) is 0 Å². The summed E-state index contributed by atoms with van der Waals surface area (Å²) < 4.78 is 3.21. The number of halogens is 1. The standard InChI is InChI=1S/C22H22BrN3OS/c1-16-13-18(17(2)26(16)20-8-6-7-19(23)14-20)15-24-25-22(27)11-12-28-21-9-4-3-5-10-21/h3-10,13-15H,11-12H2,1-2H3,(H,25,27)/b24-15+. The van der Waals surface area contributed by atoms with Crippen molar-refractivity contribution in [3.8, 4) is 5.69 Å². The van der Waals surface area contributed by atoms with Crippen molar-refractivity contribution in [2.24, 2.45) is 5.10 Å². The van der Waals surface area contributed by atoms with Gasteiger partial charge < -0.3 is 4.57 Å². The van der Waals surface area contributed by atoms with Gasteiger partial charge in [0.25, 0.3) is 0 Å². The van der Waals surface area contributed by atoms with Gasteiger partial charge in [0.05, 0.1) is 6.21 Å². The molecule has 3 aromatic rings. The van der Waals surface area contributed by atoms with E-state index < -0.39 is 0 Å². The molecule has 1 heterocycles. The average Bonchev–Trinajstić information content (AvgIpc) is 2.96. The molecule has 1 N–H and O–H groups in total. The number of aryl methyl sites for hydroxylation is 1. The van der Waals surface area contributed by atoms with E-state index in [4.69, 9.17) is 0 Å². The van der Waals surface area contributed by atoms with Gasteiger partial charge in [-0.2, -0.15) is 5.10 Å². The first kappa shape index (κ1) is 20.4. The average molecular weight is 456 g/mol. The van der Waals surface area contributed by atoms with Crippen LogP contribution in [0.5, 0.6) is 0 Å². The van der Waals surface area contributed by atoms with Gasteiger partial charge in [0, 0.05) is 44.2 Å². The highest BCUT2D eigenvalue weighted by atomic mass is 79.9. The van der Waals surface area contributed by atoms with E-state index in [2.05, 4.69) is 56.1 Å². The summed E-state index contributed by atoms with van der Waals surface area (Å²) in [7, 11) is 0. The third-order valence-electron chi connectivity index (χ3n) is 4.27. The van der Waals surface area contributed by atoms with E-state index in [1.165, 1.54) is 4.90 Å². The van der Waals surface area contributed by atoms with Crippen LogP contribution in [0.25, 0.3) is 5.69 Å². The lowest BCUT2D eigenvalue weighted by molar-refractivity contribution is -0.120. The van der Waals surface area contributed by atoms with Crippen molar-refractivity contribution < 1.29 is 4.79 Å². The second kappa shape index (κ2) is 9.75. The monoisotopic (exact) mass is 455 g/mol. The summed E-state index contributed by atoms with van der Waals surface area (Å²) in [5, 5.41) is 4.14. The summed E-state index contributed by atoms with van der Waals surface area (Å²) >= 11 is 5.19. The Hall–Kier alpha value is -2.31. The molecular weight excluding hydrogens is 434 g/mol. The largest absolute Gasteiger partial charge is 0.318 e. The molecule has 0 bridgehead atoms. The molecule has 28 heavy (non-hydrogen) atoms. The fourth-order valence-corrected chi connectivity index (χ4v) is 4.20. The lowest BCUT2D eigenvalue weighted by Gasteiger charge is -2.09. The van der Waals surface area contributed by atoms with Gasteiger partial charge in [-0.05, 0) is 50.2 Å². The fourth-order valence-electron chi connectivity index (χ4n) is 2.94. The van der Waals surface area contributed by atoms with Crippen LogP contribution < -0.4 is 5.43 Å². The first-order chi connectivity index (χ1) is 13.5. The molecule has 1 aromatic heterocycles. The minimum Gasteiger partial charge on any atom is -0.318 e. The molecule has 0 fully saturated rings. The maximum Gasteiger partial charge on any atom is 0.240 e. The summed E-state index contributed by atoms with van der Waals surface area (Å²) in [6, 6.07) is 20.3. The van der Waals surface area contributed by atoms with Crippen LogP contribution >= 0.6 is 27.7 Å². The molecule has 0 aliphatic carbocycles. The molecule has 0 aliphatic heterocycles. The maximum absolute atomic E-state index is 12.0. The number of hydrogen-bond donors (Lipinski definition) is 1. The van der Waals surface area contributed by atoms with Crippen LogP contribution in [-0.2, 0) is 4.79 Å². The van der Waals surface area contributed by atoms with Crippen molar-refractivity contribution in [2.75, 3.05) is 5.75 Å². The second-order valence-corrected chi connectivity index (χ2v) is 8.43. The van der Waals surface area contributed by atoms with E-state index in [1.54, 1.807) is 18.0 Å². The summed E-state index contributed by atoms with van der Waals surface area (Å²) in [5.74, 6) is 0.642. The number of rotatable bonds is 7. The molecule has 144 valence electrons. The van der Waals surface area contributed by atoms with Gasteiger partial charge in [-0.1, -0.05) is 40.2 Å². The molecule has 4 nitrogen and oxygen atoms in total. The van der Waals surface area contributed by atoms with Crippen molar-refractivity contribution in [1.29, 1.82) is 0 Å². The molecule has 0 radical (unpaired) electrons. The quantitative estimate of drug-likeness (QED) is 0.290. The molecular formula is C22H22BrN3OS. The summed E-state index contributed by atoms with van der Waals surface area (Å²) in [5.41, 5.74) is 6.88. The Bertz CT molecular complexity index is 983. The second-order valence-electron chi connectivity index (χ2n) is 6.35. The Kier molecular flexibility index (Phi) is 7.12. The van der Waals surface area contributed by atoms with Crippen molar-refractivity contribution in [3.63, 3.8) is 0 Å². The van der Waals surface area contributed by atoms with E-state index in [0.29, 0.717) is 6.42 Å². The van der Waals surface area contributed by atoms with Gasteiger partial charge >= 0.3 is 0 Å². The Morgan fingerprint density at radius 2 is 1.93 bits per heavy atom. The van der Waals surface area contributed by atoms with Gasteiger partial charge in [0.2, 0.25) is 5.91 Å². The van der Waals surface area contributed by atoms with Gasteiger partial charge in [0.15, 0.2) is 0 Å². The first-order valence-corrected chi connectivity index (χ1v) is 10.8. The lowest BCUT2D eigenvalue weighted by Crippen LogP contribution is -2.17. The molecule has 0 aliphatic rings. The SMILES string of the molecule is Cc1cc(/C=N/NC(=O)CCSc2ccccc2)c(C)n1-c1cccc(Br)c1. The molecule has 0 saturated heterocycles. The van der Waals surface area contributed by atoms with Crippen LogP contribution in [0, 0.1) is 13.8 Å². The van der Waals surface area contributed by atoms with Crippen LogP contribution in [0.1, 0.15) is 23.4 Å². The van der Waals surface area contributed by atoms with E-state index >= 15 is 0 Å². The van der Waals surface area contributed by atoms with E-state index in [1.807, 2.05) is 49.4 Å². The number of nitrogens with zero attached hydrogens (tertiary/aromatic N) is 2. The highest BCUT2D eigenvalue weighted by Gasteiger charge is 2.10. The van der Waals surface area contributed by atoms with Crippen molar-refractivity contribution in [1.82, 2.24) is 9.99 Å². The third-order valence-corrected chi connectivity index (χ3v) is 5.78. The summed E-state index contributed by atoms with van der Waals surface area (Å²) in [6.07, 6.45) is 2.13. The number of thioether (sulfide) groups is 1. The predicted molar refractivity (Wildman–Crippen MR) is 120 cm³/mol. The summed E-state index contributed by atoms with van der Waals surface area (Å²) in [4.78, 5) is 13.2. The van der Waals surface area contributed by atoms with E-state index in [0.717, 1.165) is 32.9 Å².